The van der Waals surface area contributed by atoms with E-state index in [4.69, 9.17) is 0 Å². The lowest BCUT2D eigenvalue weighted by Gasteiger charge is -2.34. The Kier molecular flexibility index (Phi) is 2.70. The first-order valence-corrected chi connectivity index (χ1v) is 5.13. The van der Waals surface area contributed by atoms with Gasteiger partial charge in [-0.15, -0.1) is 0 Å². The van der Waals surface area contributed by atoms with Crippen molar-refractivity contribution in [1.29, 1.82) is 0 Å². The molecule has 0 spiro atoms. The second-order valence-corrected chi connectivity index (χ2v) is 4.19. The van der Waals surface area contributed by atoms with E-state index in [1.165, 1.54) is 0 Å². The second-order valence-electron chi connectivity index (χ2n) is 4.19. The second kappa shape index (κ2) is 3.70. The molecule has 0 bridgehead atoms. The quantitative estimate of drug-likeness (QED) is 0.695. The number of halogens is 3. The van der Waals surface area contributed by atoms with E-state index < -0.39 is 6.30 Å². The molecule has 2 fully saturated rings. The van der Waals surface area contributed by atoms with Gasteiger partial charge in [-0.25, -0.2) is 4.90 Å². The number of rotatable bonds is 2. The summed E-state index contributed by atoms with van der Waals surface area (Å²) in [5.41, 5.74) is 0. The van der Waals surface area contributed by atoms with E-state index in [0.717, 1.165) is 19.3 Å². The van der Waals surface area contributed by atoms with Crippen LogP contribution in [0.1, 0.15) is 25.7 Å². The summed E-state index contributed by atoms with van der Waals surface area (Å²) >= 11 is 0. The number of piperidine rings is 1. The van der Waals surface area contributed by atoms with Gasteiger partial charge in [-0.3, -0.25) is 0 Å². The van der Waals surface area contributed by atoms with Crippen LogP contribution in [0.15, 0.2) is 0 Å². The summed E-state index contributed by atoms with van der Waals surface area (Å²) in [6.07, 6.45) is -0.373. The molecule has 82 valence electrons. The fourth-order valence-electron chi connectivity index (χ4n) is 1.93. The molecule has 14 heavy (non-hydrogen) atoms. The summed E-state index contributed by atoms with van der Waals surface area (Å²) in [7, 11) is 0. The molecule has 0 radical (unpaired) electrons. The fraction of sp³-hybridized carbons (Fsp3) is 1.00. The molecule has 1 unspecified atom stereocenters. The molecule has 1 saturated carbocycles. The van der Waals surface area contributed by atoms with Crippen LogP contribution in [0.3, 0.4) is 0 Å². The van der Waals surface area contributed by atoms with Crippen molar-refractivity contribution in [3.05, 3.63) is 0 Å². The van der Waals surface area contributed by atoms with E-state index >= 15 is 0 Å². The van der Waals surface area contributed by atoms with Gasteiger partial charge in [0.2, 0.25) is 0 Å². The summed E-state index contributed by atoms with van der Waals surface area (Å²) in [6, 6.07) is 0.533. The first-order chi connectivity index (χ1) is 6.55. The van der Waals surface area contributed by atoms with Crippen LogP contribution in [0.2, 0.25) is 0 Å². The van der Waals surface area contributed by atoms with Gasteiger partial charge < -0.3 is 5.32 Å². The Labute approximate surface area is 81.5 Å². The monoisotopic (exact) mass is 208 g/mol. The Morgan fingerprint density at radius 2 is 1.79 bits per heavy atom. The van der Waals surface area contributed by atoms with Crippen molar-refractivity contribution in [2.24, 2.45) is 0 Å². The van der Waals surface area contributed by atoms with E-state index in [-0.39, 0.29) is 19.1 Å². The number of hydrogen-bond donors (Lipinski definition) is 1. The molecule has 1 saturated heterocycles. The molecule has 2 aliphatic rings. The SMILES string of the molecule is FC(F)(F)N1CCCC(NC2CC2)C1. The van der Waals surface area contributed by atoms with Gasteiger partial charge in [0.1, 0.15) is 0 Å². The molecular formula is C9H15F3N2. The van der Waals surface area contributed by atoms with Gasteiger partial charge in [-0.2, -0.15) is 13.2 Å². The zero-order valence-corrected chi connectivity index (χ0v) is 7.98. The first kappa shape index (κ1) is 10.2. The number of alkyl halides is 3. The maximum atomic E-state index is 12.4. The number of nitrogens with zero attached hydrogens (tertiary/aromatic N) is 1. The van der Waals surface area contributed by atoms with Crippen molar-refractivity contribution in [3.63, 3.8) is 0 Å². The Bertz CT molecular complexity index is 201. The predicted octanol–water partition coefficient (Wildman–Crippen LogP) is 1.72. The standard InChI is InChI=1S/C9H15F3N2/c10-9(11,12)14-5-1-2-8(6-14)13-7-3-4-7/h7-8,13H,1-6H2. The number of likely N-dealkylation sites (tertiary alicyclic amines) is 1. The van der Waals surface area contributed by atoms with Gasteiger partial charge in [0.15, 0.2) is 0 Å². The van der Waals surface area contributed by atoms with Gasteiger partial charge >= 0.3 is 6.30 Å². The zero-order valence-electron chi connectivity index (χ0n) is 7.98. The summed E-state index contributed by atoms with van der Waals surface area (Å²) in [5, 5.41) is 3.25. The minimum absolute atomic E-state index is 0.0397. The molecule has 0 aromatic carbocycles. The van der Waals surface area contributed by atoms with Crippen molar-refractivity contribution in [2.75, 3.05) is 13.1 Å². The summed E-state index contributed by atoms with van der Waals surface area (Å²) in [4.78, 5) is 0.622. The van der Waals surface area contributed by atoms with Gasteiger partial charge in [0, 0.05) is 25.2 Å². The maximum absolute atomic E-state index is 12.4. The van der Waals surface area contributed by atoms with Crippen molar-refractivity contribution in [2.45, 2.75) is 44.1 Å². The lowest BCUT2D eigenvalue weighted by atomic mass is 10.1. The lowest BCUT2D eigenvalue weighted by molar-refractivity contribution is -0.251. The molecule has 1 heterocycles. The largest absolute Gasteiger partial charge is 0.459 e. The smallest absolute Gasteiger partial charge is 0.310 e. The van der Waals surface area contributed by atoms with Crippen LogP contribution in [-0.4, -0.2) is 36.4 Å². The number of hydrogen-bond acceptors (Lipinski definition) is 2. The third-order valence-electron chi connectivity index (χ3n) is 2.83. The Hall–Kier alpha value is -0.290. The van der Waals surface area contributed by atoms with E-state index in [1.807, 2.05) is 0 Å². The molecule has 0 amide bonds. The third-order valence-corrected chi connectivity index (χ3v) is 2.83. The summed E-state index contributed by atoms with van der Waals surface area (Å²) < 4.78 is 37.1. The molecule has 2 nitrogen and oxygen atoms in total. The topological polar surface area (TPSA) is 15.3 Å². The highest BCUT2D eigenvalue weighted by molar-refractivity contribution is 4.88. The minimum atomic E-state index is -4.15. The highest BCUT2D eigenvalue weighted by Crippen LogP contribution is 2.27. The third kappa shape index (κ3) is 2.60. The Morgan fingerprint density at radius 3 is 2.36 bits per heavy atom. The normalized spacial score (nSPS) is 30.6. The van der Waals surface area contributed by atoms with Crippen LogP contribution in [0.25, 0.3) is 0 Å². The van der Waals surface area contributed by atoms with Crippen LogP contribution in [0.5, 0.6) is 0 Å². The number of nitrogens with one attached hydrogen (secondary N) is 1. The molecule has 0 aromatic rings. The molecular weight excluding hydrogens is 193 g/mol. The Balaban J connectivity index is 1.83. The van der Waals surface area contributed by atoms with Crippen LogP contribution < -0.4 is 5.32 Å². The molecule has 0 aromatic heterocycles. The average Bonchev–Trinajstić information content (AvgIpc) is 2.87. The molecule has 1 aliphatic carbocycles. The van der Waals surface area contributed by atoms with Gasteiger partial charge in [-0.1, -0.05) is 0 Å². The summed E-state index contributed by atoms with van der Waals surface area (Å²) in [5.74, 6) is 0. The highest BCUT2D eigenvalue weighted by atomic mass is 19.4. The molecule has 1 N–H and O–H groups in total. The van der Waals surface area contributed by atoms with Crippen LogP contribution in [-0.2, 0) is 0 Å². The average molecular weight is 208 g/mol. The Morgan fingerprint density at radius 1 is 1.07 bits per heavy atom. The van der Waals surface area contributed by atoms with Crippen LogP contribution in [0, 0.1) is 0 Å². The fourth-order valence-corrected chi connectivity index (χ4v) is 1.93. The van der Waals surface area contributed by atoms with Crippen molar-refractivity contribution in [1.82, 2.24) is 10.2 Å². The van der Waals surface area contributed by atoms with Crippen LogP contribution in [0.4, 0.5) is 13.2 Å². The predicted molar refractivity (Wildman–Crippen MR) is 46.8 cm³/mol. The van der Waals surface area contributed by atoms with E-state index in [9.17, 15) is 13.2 Å². The molecule has 1 atom stereocenters. The maximum Gasteiger partial charge on any atom is 0.459 e. The van der Waals surface area contributed by atoms with Gasteiger partial charge in [-0.05, 0) is 25.7 Å². The zero-order chi connectivity index (χ0) is 10.2. The van der Waals surface area contributed by atoms with E-state index in [1.54, 1.807) is 0 Å². The summed E-state index contributed by atoms with van der Waals surface area (Å²) in [6.45, 7) is 0.284. The van der Waals surface area contributed by atoms with Gasteiger partial charge in [0.25, 0.3) is 0 Å². The molecule has 5 heteroatoms. The minimum Gasteiger partial charge on any atom is -0.310 e. The van der Waals surface area contributed by atoms with Crippen molar-refractivity contribution >= 4 is 0 Å². The van der Waals surface area contributed by atoms with E-state index in [2.05, 4.69) is 5.32 Å². The van der Waals surface area contributed by atoms with Crippen molar-refractivity contribution < 1.29 is 13.2 Å². The van der Waals surface area contributed by atoms with Crippen LogP contribution >= 0.6 is 0 Å². The van der Waals surface area contributed by atoms with Crippen molar-refractivity contribution in [3.8, 4) is 0 Å². The molecule has 2 rings (SSSR count). The molecule has 1 aliphatic heterocycles. The lowest BCUT2D eigenvalue weighted by Crippen LogP contribution is -2.51. The van der Waals surface area contributed by atoms with E-state index in [0.29, 0.717) is 17.4 Å². The first-order valence-electron chi connectivity index (χ1n) is 5.13. The highest BCUT2D eigenvalue weighted by Gasteiger charge is 2.40. The van der Waals surface area contributed by atoms with Gasteiger partial charge in [0.05, 0.1) is 0 Å².